The Morgan fingerprint density at radius 1 is 0.971 bits per heavy atom. The molecule has 7 nitrogen and oxygen atoms in total. The third kappa shape index (κ3) is 6.59. The molecule has 0 aliphatic carbocycles. The lowest BCUT2D eigenvalue weighted by molar-refractivity contribution is -0.384. The van der Waals surface area contributed by atoms with Crippen molar-refractivity contribution >= 4 is 17.2 Å². The number of benzene rings is 2. The summed E-state index contributed by atoms with van der Waals surface area (Å²) in [6.07, 6.45) is -9.09. The first kappa shape index (κ1) is 25.3. The Hall–Kier alpha value is -3.35. The van der Waals surface area contributed by atoms with Gasteiger partial charge in [-0.25, -0.2) is 0 Å². The SMILES string of the molecule is O=C(CN1CCN(c2ccc(C(F)(F)F)cc2)CC1)c1cc([N+](=O)[O-])ccc1OCC(F)(F)F. The van der Waals surface area contributed by atoms with Crippen molar-refractivity contribution in [2.45, 2.75) is 12.4 Å². The molecule has 3 rings (SSSR count). The maximum Gasteiger partial charge on any atom is 0.422 e. The number of carbonyl (C=O) groups excluding carboxylic acids is 1. The number of Topliss-reactive ketones (excluding diaryl/α,β-unsaturated/α-hetero) is 1. The van der Waals surface area contributed by atoms with Gasteiger partial charge in [-0.1, -0.05) is 0 Å². The minimum Gasteiger partial charge on any atom is -0.483 e. The summed E-state index contributed by atoms with van der Waals surface area (Å²) in [5.74, 6) is -1.06. The van der Waals surface area contributed by atoms with Crippen LogP contribution in [-0.2, 0) is 6.18 Å². The third-order valence-corrected chi connectivity index (χ3v) is 5.16. The van der Waals surface area contributed by atoms with E-state index in [0.29, 0.717) is 31.9 Å². The predicted molar refractivity (Wildman–Crippen MR) is 109 cm³/mol. The van der Waals surface area contributed by atoms with Gasteiger partial charge in [0.15, 0.2) is 12.4 Å². The molecule has 0 atom stereocenters. The van der Waals surface area contributed by atoms with Crippen LogP contribution in [0.15, 0.2) is 42.5 Å². The Kier molecular flexibility index (Phi) is 7.34. The summed E-state index contributed by atoms with van der Waals surface area (Å²) in [7, 11) is 0. The van der Waals surface area contributed by atoms with Gasteiger partial charge >= 0.3 is 12.4 Å². The average molecular weight is 491 g/mol. The lowest BCUT2D eigenvalue weighted by atomic mass is 10.1. The average Bonchev–Trinajstić information content (AvgIpc) is 2.77. The number of carbonyl (C=O) groups is 1. The maximum absolute atomic E-state index is 12.8. The van der Waals surface area contributed by atoms with Crippen LogP contribution in [0.5, 0.6) is 5.75 Å². The van der Waals surface area contributed by atoms with Gasteiger partial charge in [-0.2, -0.15) is 26.3 Å². The Bertz CT molecular complexity index is 1030. The number of nitro groups is 1. The van der Waals surface area contributed by atoms with Gasteiger partial charge in [-0.15, -0.1) is 0 Å². The summed E-state index contributed by atoms with van der Waals surface area (Å²) in [6.45, 7) is -0.391. The Morgan fingerprint density at radius 2 is 1.59 bits per heavy atom. The second-order valence-electron chi connectivity index (χ2n) is 7.57. The van der Waals surface area contributed by atoms with Gasteiger partial charge in [0, 0.05) is 44.0 Å². The van der Waals surface area contributed by atoms with E-state index in [0.717, 1.165) is 30.3 Å². The van der Waals surface area contributed by atoms with E-state index in [1.165, 1.54) is 12.1 Å². The van der Waals surface area contributed by atoms with E-state index >= 15 is 0 Å². The highest BCUT2D eigenvalue weighted by atomic mass is 19.4. The quantitative estimate of drug-likeness (QED) is 0.245. The molecule has 34 heavy (non-hydrogen) atoms. The molecule has 184 valence electrons. The topological polar surface area (TPSA) is 75.9 Å². The summed E-state index contributed by atoms with van der Waals surface area (Å²) in [4.78, 5) is 26.6. The zero-order chi connectivity index (χ0) is 25.1. The van der Waals surface area contributed by atoms with Gasteiger partial charge in [0.05, 0.1) is 22.6 Å². The zero-order valence-corrected chi connectivity index (χ0v) is 17.5. The molecule has 0 amide bonds. The Labute approximate surface area is 189 Å². The monoisotopic (exact) mass is 491 g/mol. The fraction of sp³-hybridized carbons (Fsp3) is 0.381. The number of alkyl halides is 6. The lowest BCUT2D eigenvalue weighted by Crippen LogP contribution is -2.48. The number of non-ortho nitro benzene ring substituents is 1. The summed E-state index contributed by atoms with van der Waals surface area (Å²) in [6, 6.07) is 7.47. The van der Waals surface area contributed by atoms with E-state index in [1.807, 2.05) is 4.90 Å². The molecule has 1 heterocycles. The summed E-state index contributed by atoms with van der Waals surface area (Å²) < 4.78 is 80.4. The van der Waals surface area contributed by atoms with E-state index < -0.39 is 46.7 Å². The first-order chi connectivity index (χ1) is 15.8. The fourth-order valence-electron chi connectivity index (χ4n) is 3.45. The number of hydrogen-bond donors (Lipinski definition) is 0. The minimum atomic E-state index is -4.66. The van der Waals surface area contributed by atoms with Crippen molar-refractivity contribution in [3.63, 3.8) is 0 Å². The molecule has 1 saturated heterocycles. The van der Waals surface area contributed by atoms with Crippen LogP contribution in [0.2, 0.25) is 0 Å². The largest absolute Gasteiger partial charge is 0.483 e. The molecule has 1 fully saturated rings. The van der Waals surface area contributed by atoms with Crippen molar-refractivity contribution in [2.24, 2.45) is 0 Å². The number of piperazine rings is 1. The zero-order valence-electron chi connectivity index (χ0n) is 17.5. The van der Waals surface area contributed by atoms with Crippen LogP contribution in [-0.4, -0.2) is 61.1 Å². The molecule has 1 aliphatic rings. The summed E-state index contributed by atoms with van der Waals surface area (Å²) >= 11 is 0. The molecule has 0 radical (unpaired) electrons. The molecule has 0 unspecified atom stereocenters. The van der Waals surface area contributed by atoms with Crippen LogP contribution in [0, 0.1) is 10.1 Å². The van der Waals surface area contributed by atoms with Gasteiger partial charge in [0.1, 0.15) is 5.75 Å². The molecule has 2 aromatic carbocycles. The molecule has 1 aliphatic heterocycles. The summed E-state index contributed by atoms with van der Waals surface area (Å²) in [5, 5.41) is 11.0. The van der Waals surface area contributed by atoms with Crippen LogP contribution in [0.4, 0.5) is 37.7 Å². The number of halogens is 6. The molecular weight excluding hydrogens is 472 g/mol. The van der Waals surface area contributed by atoms with Crippen molar-refractivity contribution < 1.29 is 40.8 Å². The van der Waals surface area contributed by atoms with E-state index in [9.17, 15) is 41.3 Å². The number of rotatable bonds is 7. The summed E-state index contributed by atoms with van der Waals surface area (Å²) in [5.41, 5.74) is -0.972. The van der Waals surface area contributed by atoms with Crippen LogP contribution < -0.4 is 9.64 Å². The van der Waals surface area contributed by atoms with E-state index in [4.69, 9.17) is 0 Å². The molecule has 0 bridgehead atoms. The van der Waals surface area contributed by atoms with Gasteiger partial charge in [0.25, 0.3) is 5.69 Å². The molecule has 0 N–H and O–H groups in total. The number of ketones is 1. The maximum atomic E-state index is 12.8. The number of hydrogen-bond acceptors (Lipinski definition) is 6. The fourth-order valence-corrected chi connectivity index (χ4v) is 3.45. The molecule has 2 aromatic rings. The van der Waals surface area contributed by atoms with Crippen LogP contribution in [0.25, 0.3) is 0 Å². The second kappa shape index (κ2) is 9.87. The highest BCUT2D eigenvalue weighted by Crippen LogP contribution is 2.31. The third-order valence-electron chi connectivity index (χ3n) is 5.16. The molecule has 0 aromatic heterocycles. The smallest absolute Gasteiger partial charge is 0.422 e. The number of nitro benzene ring substituents is 1. The van der Waals surface area contributed by atoms with E-state index in [1.54, 1.807) is 4.90 Å². The van der Waals surface area contributed by atoms with Gasteiger partial charge in [-0.3, -0.25) is 19.8 Å². The second-order valence-corrected chi connectivity index (χ2v) is 7.57. The van der Waals surface area contributed by atoms with Gasteiger partial charge in [-0.05, 0) is 30.3 Å². The van der Waals surface area contributed by atoms with Crippen LogP contribution in [0.1, 0.15) is 15.9 Å². The van der Waals surface area contributed by atoms with Gasteiger partial charge < -0.3 is 9.64 Å². The van der Waals surface area contributed by atoms with Crippen LogP contribution in [0.3, 0.4) is 0 Å². The van der Waals surface area contributed by atoms with Crippen molar-refractivity contribution in [3.05, 3.63) is 63.7 Å². The Balaban J connectivity index is 1.65. The highest BCUT2D eigenvalue weighted by Gasteiger charge is 2.31. The first-order valence-corrected chi connectivity index (χ1v) is 9.99. The van der Waals surface area contributed by atoms with Crippen molar-refractivity contribution in [1.82, 2.24) is 4.90 Å². The first-order valence-electron chi connectivity index (χ1n) is 9.99. The number of ether oxygens (including phenoxy) is 1. The standard InChI is InChI=1S/C21H19F6N3O4/c22-20(23,24)13-34-19-6-5-16(30(32)33)11-17(19)18(31)12-28-7-9-29(10-8-28)15-3-1-14(2-4-15)21(25,26)27/h1-6,11H,7-10,12-13H2. The predicted octanol–water partition coefficient (Wildman–Crippen LogP) is 4.56. The van der Waals surface area contributed by atoms with Crippen LogP contribution >= 0.6 is 0 Å². The molecule has 13 heteroatoms. The van der Waals surface area contributed by atoms with E-state index in [2.05, 4.69) is 4.74 Å². The van der Waals surface area contributed by atoms with E-state index in [-0.39, 0.29) is 12.1 Å². The Morgan fingerprint density at radius 3 is 2.12 bits per heavy atom. The van der Waals surface area contributed by atoms with Crippen molar-refractivity contribution in [1.29, 1.82) is 0 Å². The minimum absolute atomic E-state index is 0.218. The van der Waals surface area contributed by atoms with Gasteiger partial charge in [0.2, 0.25) is 0 Å². The van der Waals surface area contributed by atoms with Crippen molar-refractivity contribution in [3.8, 4) is 5.75 Å². The van der Waals surface area contributed by atoms with Crippen molar-refractivity contribution in [2.75, 3.05) is 44.2 Å². The molecular formula is C21H19F6N3O4. The number of nitrogens with zero attached hydrogens (tertiary/aromatic N) is 3. The normalized spacial score (nSPS) is 15.3. The number of anilines is 1. The lowest BCUT2D eigenvalue weighted by Gasteiger charge is -2.35. The molecule has 0 spiro atoms. The molecule has 0 saturated carbocycles. The highest BCUT2D eigenvalue weighted by molar-refractivity contribution is 6.00.